The van der Waals surface area contributed by atoms with Gasteiger partial charge in [-0.25, -0.2) is 0 Å². The average molecular weight is 395 g/mol. The van der Waals surface area contributed by atoms with Crippen molar-refractivity contribution in [2.24, 2.45) is 11.8 Å². The first kappa shape index (κ1) is 20.4. The summed E-state index contributed by atoms with van der Waals surface area (Å²) >= 11 is 0. The number of benzene rings is 1. The fourth-order valence-electron chi connectivity index (χ4n) is 5.30. The maximum atomic E-state index is 11.7. The van der Waals surface area contributed by atoms with Gasteiger partial charge in [0.05, 0.1) is 12.8 Å². The maximum absolute atomic E-state index is 11.7. The maximum Gasteiger partial charge on any atom is 0.123 e. The molecule has 4 nitrogen and oxygen atoms in total. The molecule has 4 rings (SSSR count). The Morgan fingerprint density at radius 1 is 1.14 bits per heavy atom. The highest BCUT2D eigenvalue weighted by Crippen LogP contribution is 2.49. The molecule has 0 spiro atoms. The molecule has 1 aromatic heterocycles. The van der Waals surface area contributed by atoms with Gasteiger partial charge in [0, 0.05) is 43.2 Å². The third kappa shape index (κ3) is 3.80. The van der Waals surface area contributed by atoms with Crippen molar-refractivity contribution >= 4 is 0 Å². The number of fused-ring (bicyclic) bond motifs is 2. The van der Waals surface area contributed by atoms with Crippen molar-refractivity contribution in [2.75, 3.05) is 20.2 Å². The highest BCUT2D eigenvalue weighted by atomic mass is 16.5. The molecule has 0 amide bonds. The Kier molecular flexibility index (Phi) is 5.43. The lowest BCUT2D eigenvalue weighted by Crippen LogP contribution is -2.58. The minimum absolute atomic E-state index is 0.110. The van der Waals surface area contributed by atoms with Crippen LogP contribution in [0.5, 0.6) is 5.75 Å². The second-order valence-corrected chi connectivity index (χ2v) is 9.84. The molecule has 29 heavy (non-hydrogen) atoms. The van der Waals surface area contributed by atoms with E-state index in [0.717, 1.165) is 43.9 Å². The Hall–Kier alpha value is -1.91. The number of hydrogen-bond acceptors (Lipinski definition) is 4. The Morgan fingerprint density at radius 2 is 1.86 bits per heavy atom. The number of aromatic nitrogens is 1. The summed E-state index contributed by atoms with van der Waals surface area (Å²) in [5, 5.41) is 11.7. The molecule has 156 valence electrons. The van der Waals surface area contributed by atoms with Crippen molar-refractivity contribution in [3.8, 4) is 5.75 Å². The molecule has 1 saturated heterocycles. The summed E-state index contributed by atoms with van der Waals surface area (Å²) in [6.45, 7) is 9.39. The Bertz CT molecular complexity index is 830. The van der Waals surface area contributed by atoms with Crippen molar-refractivity contribution in [2.45, 2.75) is 57.6 Å². The Morgan fingerprint density at radius 3 is 2.45 bits per heavy atom. The van der Waals surface area contributed by atoms with Gasteiger partial charge in [0.2, 0.25) is 0 Å². The summed E-state index contributed by atoms with van der Waals surface area (Å²) in [5.41, 5.74) is 2.73. The molecule has 2 fully saturated rings. The smallest absolute Gasteiger partial charge is 0.123 e. The number of ether oxygens (including phenoxy) is 1. The first-order valence-electron chi connectivity index (χ1n) is 10.9. The van der Waals surface area contributed by atoms with Gasteiger partial charge in [-0.2, -0.15) is 0 Å². The number of methoxy groups -OCH3 is 1. The van der Waals surface area contributed by atoms with E-state index in [9.17, 15) is 5.11 Å². The highest BCUT2D eigenvalue weighted by molar-refractivity contribution is 5.40. The van der Waals surface area contributed by atoms with Gasteiger partial charge in [0.1, 0.15) is 11.4 Å². The van der Waals surface area contributed by atoms with Crippen molar-refractivity contribution < 1.29 is 9.84 Å². The number of likely N-dealkylation sites (tertiary alicyclic amines) is 1. The number of rotatable bonds is 4. The zero-order valence-electron chi connectivity index (χ0n) is 18.2. The summed E-state index contributed by atoms with van der Waals surface area (Å²) < 4.78 is 5.67. The molecular formula is C25H34N2O2. The molecule has 2 heterocycles. The van der Waals surface area contributed by atoms with E-state index in [1.54, 1.807) is 13.3 Å². The summed E-state index contributed by atoms with van der Waals surface area (Å²) in [7, 11) is 1.75. The van der Waals surface area contributed by atoms with Crippen LogP contribution in [0.2, 0.25) is 0 Å². The number of hydrogen-bond donors (Lipinski definition) is 1. The van der Waals surface area contributed by atoms with E-state index in [0.29, 0.717) is 0 Å². The fourth-order valence-corrected chi connectivity index (χ4v) is 5.30. The monoisotopic (exact) mass is 394 g/mol. The van der Waals surface area contributed by atoms with Gasteiger partial charge in [0.15, 0.2) is 0 Å². The Balaban J connectivity index is 1.59. The molecule has 4 heteroatoms. The van der Waals surface area contributed by atoms with Gasteiger partial charge in [-0.05, 0) is 42.0 Å². The van der Waals surface area contributed by atoms with Crippen LogP contribution >= 0.6 is 0 Å². The van der Waals surface area contributed by atoms with E-state index in [2.05, 4.69) is 48.9 Å². The third-order valence-corrected chi connectivity index (χ3v) is 6.92. The van der Waals surface area contributed by atoms with Crippen LogP contribution in [0.15, 0.2) is 42.6 Å². The predicted octanol–water partition coefficient (Wildman–Crippen LogP) is 4.51. The number of piperidine rings is 1. The molecule has 0 radical (unpaired) electrons. The van der Waals surface area contributed by atoms with Crippen LogP contribution in [0, 0.1) is 11.8 Å². The van der Waals surface area contributed by atoms with Crippen molar-refractivity contribution in [1.82, 2.24) is 9.88 Å². The lowest BCUT2D eigenvalue weighted by atomic mass is 9.64. The van der Waals surface area contributed by atoms with Crippen LogP contribution in [0.4, 0.5) is 0 Å². The average Bonchev–Trinajstić information content (AvgIpc) is 2.69. The number of nitrogens with zero attached hydrogens (tertiary/aromatic N) is 2. The van der Waals surface area contributed by atoms with Crippen LogP contribution in [0.1, 0.15) is 56.9 Å². The van der Waals surface area contributed by atoms with Crippen LogP contribution in [0.25, 0.3) is 0 Å². The molecule has 1 aromatic carbocycles. The minimum atomic E-state index is -0.798. The van der Waals surface area contributed by atoms with E-state index < -0.39 is 5.60 Å². The molecule has 1 saturated carbocycles. The zero-order chi connectivity index (χ0) is 20.6. The van der Waals surface area contributed by atoms with Crippen molar-refractivity contribution in [3.63, 3.8) is 0 Å². The first-order valence-corrected chi connectivity index (χ1v) is 10.9. The molecular weight excluding hydrogens is 360 g/mol. The van der Waals surface area contributed by atoms with Crippen LogP contribution in [-0.2, 0) is 17.6 Å². The summed E-state index contributed by atoms with van der Waals surface area (Å²) in [6.07, 6.45) is 5.11. The zero-order valence-corrected chi connectivity index (χ0v) is 18.2. The van der Waals surface area contributed by atoms with Gasteiger partial charge in [0.25, 0.3) is 0 Å². The second-order valence-electron chi connectivity index (χ2n) is 9.84. The lowest BCUT2D eigenvalue weighted by molar-refractivity contribution is -0.151. The SMILES string of the molecule is COc1ccc(C(C)(C)C)cc1CN1C[C@H]2CCC[C@@H](C1)C2(O)c1ccccn1. The van der Waals surface area contributed by atoms with Gasteiger partial charge < -0.3 is 9.84 Å². The van der Waals surface area contributed by atoms with E-state index in [1.807, 2.05) is 18.2 Å². The lowest BCUT2D eigenvalue weighted by Gasteiger charge is -2.52. The van der Waals surface area contributed by atoms with Crippen LogP contribution in [-0.4, -0.2) is 35.2 Å². The summed E-state index contributed by atoms with van der Waals surface area (Å²) in [6, 6.07) is 12.5. The molecule has 1 aliphatic carbocycles. The molecule has 2 bridgehead atoms. The third-order valence-electron chi connectivity index (χ3n) is 6.92. The standard InChI is InChI=1S/C25H34N2O2/c1-24(2,3)19-11-12-22(29-4)18(14-19)15-27-16-20-8-7-9-21(17-27)25(20,28)23-10-5-6-13-26-23/h5-6,10-14,20-21,28H,7-9,15-17H2,1-4H3/t20-,21+,25?. The van der Waals surface area contributed by atoms with Gasteiger partial charge in [-0.1, -0.05) is 45.4 Å². The van der Waals surface area contributed by atoms with Gasteiger partial charge in [-0.15, -0.1) is 0 Å². The fraction of sp³-hybridized carbons (Fsp3) is 0.560. The van der Waals surface area contributed by atoms with Crippen LogP contribution in [0.3, 0.4) is 0 Å². The van der Waals surface area contributed by atoms with Gasteiger partial charge >= 0.3 is 0 Å². The molecule has 2 aliphatic rings. The first-order chi connectivity index (χ1) is 13.8. The van der Waals surface area contributed by atoms with E-state index in [4.69, 9.17) is 4.74 Å². The number of aliphatic hydroxyl groups is 1. The molecule has 1 unspecified atom stereocenters. The molecule has 1 aliphatic heterocycles. The predicted molar refractivity (Wildman–Crippen MR) is 116 cm³/mol. The normalized spacial score (nSPS) is 27.6. The molecule has 1 N–H and O–H groups in total. The molecule has 2 aromatic rings. The molecule has 3 atom stereocenters. The second kappa shape index (κ2) is 7.73. The Labute approximate surface area is 174 Å². The highest BCUT2D eigenvalue weighted by Gasteiger charge is 2.52. The summed E-state index contributed by atoms with van der Waals surface area (Å²) in [5.74, 6) is 1.40. The number of pyridine rings is 1. The van der Waals surface area contributed by atoms with Crippen LogP contribution < -0.4 is 4.74 Å². The van der Waals surface area contributed by atoms with Crippen molar-refractivity contribution in [1.29, 1.82) is 0 Å². The van der Waals surface area contributed by atoms with E-state index in [1.165, 1.54) is 17.5 Å². The largest absolute Gasteiger partial charge is 0.496 e. The summed E-state index contributed by atoms with van der Waals surface area (Å²) in [4.78, 5) is 7.05. The van der Waals surface area contributed by atoms with Gasteiger partial charge in [-0.3, -0.25) is 9.88 Å². The van der Waals surface area contributed by atoms with Crippen molar-refractivity contribution in [3.05, 3.63) is 59.4 Å². The van der Waals surface area contributed by atoms with E-state index in [-0.39, 0.29) is 17.3 Å². The quantitative estimate of drug-likeness (QED) is 0.829. The minimum Gasteiger partial charge on any atom is -0.496 e. The topological polar surface area (TPSA) is 45.6 Å². The van der Waals surface area contributed by atoms with E-state index >= 15 is 0 Å².